The molecule has 0 spiro atoms. The van der Waals surface area contributed by atoms with Crippen LogP contribution in [-0.4, -0.2) is 18.3 Å². The zero-order chi connectivity index (χ0) is 12.4. The fourth-order valence-corrected chi connectivity index (χ4v) is 2.54. The van der Waals surface area contributed by atoms with Gasteiger partial charge >= 0.3 is 0 Å². The highest BCUT2D eigenvalue weighted by molar-refractivity contribution is 9.10. The SMILES string of the molecule is N#Cc1cc2c(c(F)c1Br)C(OCCO)CC2. The third kappa shape index (κ3) is 2.21. The first-order valence-electron chi connectivity index (χ1n) is 5.32. The van der Waals surface area contributed by atoms with E-state index in [1.807, 2.05) is 6.07 Å². The summed E-state index contributed by atoms with van der Waals surface area (Å²) in [6.45, 7) is 0.117. The number of benzene rings is 1. The van der Waals surface area contributed by atoms with Gasteiger partial charge in [0, 0.05) is 5.56 Å². The molecule has 0 bridgehead atoms. The van der Waals surface area contributed by atoms with E-state index in [0.717, 1.165) is 5.56 Å². The minimum Gasteiger partial charge on any atom is -0.394 e. The summed E-state index contributed by atoms with van der Waals surface area (Å²) in [7, 11) is 0. The van der Waals surface area contributed by atoms with Crippen molar-refractivity contribution in [2.24, 2.45) is 0 Å². The second-order valence-electron chi connectivity index (χ2n) is 3.86. The zero-order valence-corrected chi connectivity index (χ0v) is 10.6. The summed E-state index contributed by atoms with van der Waals surface area (Å²) in [5.41, 5.74) is 1.65. The van der Waals surface area contributed by atoms with Gasteiger partial charge in [0.2, 0.25) is 0 Å². The Bertz CT molecular complexity index is 484. The van der Waals surface area contributed by atoms with Crippen molar-refractivity contribution in [3.05, 3.63) is 33.0 Å². The fourth-order valence-electron chi connectivity index (χ4n) is 2.12. The molecule has 17 heavy (non-hydrogen) atoms. The molecule has 1 aromatic carbocycles. The Morgan fingerprint density at radius 3 is 3.06 bits per heavy atom. The Balaban J connectivity index is 2.40. The molecular formula is C12H11BrFNO2. The molecule has 1 atom stereocenters. The molecule has 90 valence electrons. The van der Waals surface area contributed by atoms with Crippen molar-refractivity contribution >= 4 is 15.9 Å². The number of ether oxygens (including phenoxy) is 1. The highest BCUT2D eigenvalue weighted by Gasteiger charge is 2.29. The third-order valence-corrected chi connectivity index (χ3v) is 3.63. The first-order chi connectivity index (χ1) is 8.19. The Labute approximate surface area is 107 Å². The van der Waals surface area contributed by atoms with Gasteiger partial charge < -0.3 is 9.84 Å². The lowest BCUT2D eigenvalue weighted by atomic mass is 10.1. The topological polar surface area (TPSA) is 53.2 Å². The number of nitriles is 1. The van der Waals surface area contributed by atoms with Gasteiger partial charge in [0.15, 0.2) is 0 Å². The summed E-state index contributed by atoms with van der Waals surface area (Å²) in [5.74, 6) is -0.417. The Kier molecular flexibility index (Phi) is 3.77. The maximum Gasteiger partial charge on any atom is 0.144 e. The summed E-state index contributed by atoms with van der Waals surface area (Å²) in [5, 5.41) is 17.6. The van der Waals surface area contributed by atoms with Crippen LogP contribution in [0, 0.1) is 17.1 Å². The van der Waals surface area contributed by atoms with E-state index in [0.29, 0.717) is 24.0 Å². The molecule has 2 rings (SSSR count). The molecule has 1 aromatic rings. The lowest BCUT2D eigenvalue weighted by Crippen LogP contribution is -2.07. The van der Waals surface area contributed by atoms with Gasteiger partial charge in [0.1, 0.15) is 11.9 Å². The molecule has 1 unspecified atom stereocenters. The van der Waals surface area contributed by atoms with E-state index < -0.39 is 5.82 Å². The molecular weight excluding hydrogens is 289 g/mol. The van der Waals surface area contributed by atoms with Crippen molar-refractivity contribution in [1.29, 1.82) is 5.26 Å². The molecule has 0 saturated carbocycles. The second-order valence-corrected chi connectivity index (χ2v) is 4.65. The summed E-state index contributed by atoms with van der Waals surface area (Å²) in [4.78, 5) is 0. The van der Waals surface area contributed by atoms with E-state index >= 15 is 0 Å². The molecule has 3 nitrogen and oxygen atoms in total. The summed E-state index contributed by atoms with van der Waals surface area (Å²) in [6, 6.07) is 3.66. The Hall–Kier alpha value is -0.960. The van der Waals surface area contributed by atoms with Gasteiger partial charge in [-0.05, 0) is 40.4 Å². The monoisotopic (exact) mass is 299 g/mol. The van der Waals surface area contributed by atoms with Crippen LogP contribution < -0.4 is 0 Å². The van der Waals surface area contributed by atoms with E-state index in [-0.39, 0.29) is 23.8 Å². The van der Waals surface area contributed by atoms with E-state index in [4.69, 9.17) is 15.1 Å². The highest BCUT2D eigenvalue weighted by atomic mass is 79.9. The lowest BCUT2D eigenvalue weighted by molar-refractivity contribution is 0.0272. The van der Waals surface area contributed by atoms with Gasteiger partial charge in [0.05, 0.1) is 29.4 Å². The fraction of sp³-hybridized carbons (Fsp3) is 0.417. The summed E-state index contributed by atoms with van der Waals surface area (Å²) >= 11 is 3.09. The van der Waals surface area contributed by atoms with Crippen LogP contribution in [0.3, 0.4) is 0 Å². The first-order valence-corrected chi connectivity index (χ1v) is 6.11. The number of aryl methyl sites for hydroxylation is 1. The van der Waals surface area contributed by atoms with Crippen LogP contribution in [0.2, 0.25) is 0 Å². The zero-order valence-electron chi connectivity index (χ0n) is 9.04. The predicted octanol–water partition coefficient (Wildman–Crippen LogP) is 2.46. The van der Waals surface area contributed by atoms with Gasteiger partial charge in [0.25, 0.3) is 0 Å². The van der Waals surface area contributed by atoms with Crippen molar-refractivity contribution in [1.82, 2.24) is 0 Å². The van der Waals surface area contributed by atoms with Crippen LogP contribution in [0.15, 0.2) is 10.5 Å². The molecule has 5 heteroatoms. The van der Waals surface area contributed by atoms with Crippen molar-refractivity contribution in [2.75, 3.05) is 13.2 Å². The minimum atomic E-state index is -0.417. The number of fused-ring (bicyclic) bond motifs is 1. The van der Waals surface area contributed by atoms with Crippen LogP contribution in [0.5, 0.6) is 0 Å². The van der Waals surface area contributed by atoms with E-state index in [2.05, 4.69) is 15.9 Å². The molecule has 0 amide bonds. The Morgan fingerprint density at radius 2 is 2.41 bits per heavy atom. The second kappa shape index (κ2) is 5.13. The Morgan fingerprint density at radius 1 is 1.65 bits per heavy atom. The summed E-state index contributed by atoms with van der Waals surface area (Å²) < 4.78 is 19.7. The average molecular weight is 300 g/mol. The van der Waals surface area contributed by atoms with Crippen LogP contribution in [-0.2, 0) is 11.2 Å². The smallest absolute Gasteiger partial charge is 0.144 e. The van der Waals surface area contributed by atoms with Gasteiger partial charge in [-0.1, -0.05) is 0 Å². The van der Waals surface area contributed by atoms with Crippen molar-refractivity contribution in [3.8, 4) is 6.07 Å². The predicted molar refractivity (Wildman–Crippen MR) is 62.9 cm³/mol. The minimum absolute atomic E-state index is 0.0785. The van der Waals surface area contributed by atoms with Crippen LogP contribution in [0.25, 0.3) is 0 Å². The van der Waals surface area contributed by atoms with Gasteiger partial charge in [-0.3, -0.25) is 0 Å². The van der Waals surface area contributed by atoms with E-state index in [9.17, 15) is 4.39 Å². The number of nitrogens with zero attached hydrogens (tertiary/aromatic N) is 1. The van der Waals surface area contributed by atoms with Crippen LogP contribution >= 0.6 is 15.9 Å². The maximum absolute atomic E-state index is 14.1. The van der Waals surface area contributed by atoms with Gasteiger partial charge in [-0.25, -0.2) is 4.39 Å². The molecule has 1 aliphatic rings. The number of halogens is 2. The number of hydrogen-bond donors (Lipinski definition) is 1. The van der Waals surface area contributed by atoms with E-state index in [1.165, 1.54) is 0 Å². The van der Waals surface area contributed by atoms with Gasteiger partial charge in [-0.15, -0.1) is 0 Å². The number of aliphatic hydroxyl groups excluding tert-OH is 1. The highest BCUT2D eigenvalue weighted by Crippen LogP contribution is 2.39. The molecule has 0 fully saturated rings. The van der Waals surface area contributed by atoms with Crippen LogP contribution in [0.1, 0.15) is 29.2 Å². The summed E-state index contributed by atoms with van der Waals surface area (Å²) in [6.07, 6.45) is 1.07. The van der Waals surface area contributed by atoms with E-state index in [1.54, 1.807) is 6.07 Å². The third-order valence-electron chi connectivity index (χ3n) is 2.86. The average Bonchev–Trinajstić information content (AvgIpc) is 2.74. The molecule has 0 heterocycles. The molecule has 1 N–H and O–H groups in total. The maximum atomic E-state index is 14.1. The van der Waals surface area contributed by atoms with Crippen molar-refractivity contribution in [2.45, 2.75) is 18.9 Å². The first kappa shape index (κ1) is 12.5. The largest absolute Gasteiger partial charge is 0.394 e. The lowest BCUT2D eigenvalue weighted by Gasteiger charge is -2.14. The van der Waals surface area contributed by atoms with Crippen molar-refractivity contribution in [3.63, 3.8) is 0 Å². The number of hydrogen-bond acceptors (Lipinski definition) is 3. The molecule has 0 radical (unpaired) electrons. The molecule has 1 aliphatic carbocycles. The van der Waals surface area contributed by atoms with Gasteiger partial charge in [-0.2, -0.15) is 5.26 Å². The number of aliphatic hydroxyl groups is 1. The molecule has 0 aliphatic heterocycles. The number of rotatable bonds is 3. The molecule has 0 aromatic heterocycles. The standard InChI is InChI=1S/C12H11BrFNO2/c13-11-8(6-15)5-7-1-2-9(17-4-3-16)10(7)12(11)14/h5,9,16H,1-4H2. The van der Waals surface area contributed by atoms with Crippen LogP contribution in [0.4, 0.5) is 4.39 Å². The normalized spacial score (nSPS) is 17.9. The molecule has 0 saturated heterocycles. The van der Waals surface area contributed by atoms with Crippen molar-refractivity contribution < 1.29 is 14.2 Å². The quantitative estimate of drug-likeness (QED) is 0.933.